The van der Waals surface area contributed by atoms with E-state index in [2.05, 4.69) is 47.6 Å². The number of nitrogens with one attached hydrogen (secondary N) is 2. The van der Waals surface area contributed by atoms with Gasteiger partial charge in [-0.15, -0.1) is 0 Å². The number of fused-ring (bicyclic) bond motifs is 1. The van der Waals surface area contributed by atoms with Crippen molar-refractivity contribution in [3.8, 4) is 0 Å². The average molecular weight is 544 g/mol. The summed E-state index contributed by atoms with van der Waals surface area (Å²) in [5.74, 6) is -0.491. The number of aromatic nitrogens is 2. The number of halogens is 5. The number of hydrogen-bond donors (Lipinski definition) is 2. The molecule has 4 rings (SSSR count). The Labute approximate surface area is 186 Å². The monoisotopic (exact) mass is 542 g/mol. The van der Waals surface area contributed by atoms with Gasteiger partial charge in [-0.05, 0) is 42.0 Å². The Morgan fingerprint density at radius 2 is 1.67 bits per heavy atom. The molecule has 2 heterocycles. The van der Waals surface area contributed by atoms with Crippen molar-refractivity contribution >= 4 is 49.3 Å². The molecule has 0 saturated carbocycles. The maximum Gasteiger partial charge on any atom is 0.410 e. The molecule has 0 fully saturated rings. The summed E-state index contributed by atoms with van der Waals surface area (Å²) in [6.45, 7) is 0. The van der Waals surface area contributed by atoms with E-state index in [1.54, 1.807) is 48.5 Å². The van der Waals surface area contributed by atoms with E-state index in [1.165, 1.54) is 6.20 Å². The van der Waals surface area contributed by atoms with Crippen LogP contribution in [-0.2, 0) is 0 Å². The fourth-order valence-corrected chi connectivity index (χ4v) is 3.90. The molecular formula is C20H15Br2F3N4O. The fourth-order valence-electron chi connectivity index (χ4n) is 3.37. The van der Waals surface area contributed by atoms with Crippen molar-refractivity contribution in [1.82, 2.24) is 9.78 Å². The molecule has 2 aromatic carbocycles. The van der Waals surface area contributed by atoms with Gasteiger partial charge in [-0.25, -0.2) is 4.68 Å². The molecule has 156 valence electrons. The lowest BCUT2D eigenvalue weighted by Gasteiger charge is -2.34. The third-order valence-corrected chi connectivity index (χ3v) is 5.91. The lowest BCUT2D eigenvalue weighted by Crippen LogP contribution is -2.36. The van der Waals surface area contributed by atoms with E-state index < -0.39 is 24.2 Å². The van der Waals surface area contributed by atoms with Crippen molar-refractivity contribution in [2.45, 2.75) is 24.7 Å². The molecule has 1 aromatic heterocycles. The van der Waals surface area contributed by atoms with Crippen molar-refractivity contribution in [2.75, 3.05) is 10.6 Å². The van der Waals surface area contributed by atoms with Crippen molar-refractivity contribution in [1.29, 1.82) is 0 Å². The molecule has 0 aliphatic carbocycles. The summed E-state index contributed by atoms with van der Waals surface area (Å²) in [6, 6.07) is 11.5. The maximum atomic E-state index is 13.8. The SMILES string of the molecule is O=C(Nc1ccc(Br)cc1)c1cnn2c1N[C@H](c1ccc(Br)cc1)C[C@H]2C(F)(F)F. The predicted octanol–water partition coefficient (Wildman–Crippen LogP) is 6.32. The first-order valence-electron chi connectivity index (χ1n) is 8.95. The number of carbonyl (C=O) groups is 1. The lowest BCUT2D eigenvalue weighted by atomic mass is 9.96. The summed E-state index contributed by atoms with van der Waals surface area (Å²) in [5.41, 5.74) is 1.27. The first-order chi connectivity index (χ1) is 14.2. The van der Waals surface area contributed by atoms with Gasteiger partial charge in [0, 0.05) is 21.1 Å². The Kier molecular flexibility index (Phi) is 5.63. The molecule has 0 bridgehead atoms. The summed E-state index contributed by atoms with van der Waals surface area (Å²) >= 11 is 6.64. The van der Waals surface area contributed by atoms with E-state index >= 15 is 0 Å². The highest BCUT2D eigenvalue weighted by atomic mass is 79.9. The van der Waals surface area contributed by atoms with Crippen molar-refractivity contribution in [3.05, 3.63) is 74.8 Å². The smallest absolute Gasteiger partial charge is 0.363 e. The Morgan fingerprint density at radius 1 is 1.07 bits per heavy atom. The van der Waals surface area contributed by atoms with E-state index in [-0.39, 0.29) is 17.8 Å². The fraction of sp³-hybridized carbons (Fsp3) is 0.200. The zero-order chi connectivity index (χ0) is 21.5. The molecule has 1 amide bonds. The third kappa shape index (κ3) is 4.24. The van der Waals surface area contributed by atoms with Gasteiger partial charge in [0.05, 0.1) is 12.2 Å². The Balaban J connectivity index is 1.68. The van der Waals surface area contributed by atoms with Gasteiger partial charge in [-0.1, -0.05) is 44.0 Å². The predicted molar refractivity (Wildman–Crippen MR) is 115 cm³/mol. The van der Waals surface area contributed by atoms with Crippen LogP contribution in [0.2, 0.25) is 0 Å². The molecule has 5 nitrogen and oxygen atoms in total. The quantitative estimate of drug-likeness (QED) is 0.406. The molecule has 2 atom stereocenters. The highest BCUT2D eigenvalue weighted by Gasteiger charge is 2.47. The van der Waals surface area contributed by atoms with Crippen LogP contribution in [0.25, 0.3) is 0 Å². The van der Waals surface area contributed by atoms with Crippen molar-refractivity contribution in [2.24, 2.45) is 0 Å². The van der Waals surface area contributed by atoms with Crippen molar-refractivity contribution < 1.29 is 18.0 Å². The lowest BCUT2D eigenvalue weighted by molar-refractivity contribution is -0.173. The van der Waals surface area contributed by atoms with Crippen LogP contribution >= 0.6 is 31.9 Å². The number of benzene rings is 2. The maximum absolute atomic E-state index is 13.8. The van der Waals surface area contributed by atoms with Crippen LogP contribution in [0.3, 0.4) is 0 Å². The summed E-state index contributed by atoms with van der Waals surface area (Å²) in [7, 11) is 0. The van der Waals surface area contributed by atoms with Crippen LogP contribution in [0.1, 0.15) is 34.4 Å². The topological polar surface area (TPSA) is 59.0 Å². The molecular weight excluding hydrogens is 529 g/mol. The summed E-state index contributed by atoms with van der Waals surface area (Å²) in [4.78, 5) is 12.8. The second-order valence-corrected chi connectivity index (χ2v) is 8.69. The molecule has 0 saturated heterocycles. The summed E-state index contributed by atoms with van der Waals surface area (Å²) in [5, 5.41) is 9.65. The van der Waals surface area contributed by atoms with E-state index in [0.29, 0.717) is 11.3 Å². The van der Waals surface area contributed by atoms with Gasteiger partial charge >= 0.3 is 6.18 Å². The van der Waals surface area contributed by atoms with E-state index in [1.807, 2.05) is 0 Å². The molecule has 1 aliphatic rings. The molecule has 0 spiro atoms. The number of anilines is 2. The Bertz CT molecular complexity index is 1070. The average Bonchev–Trinajstić information content (AvgIpc) is 3.13. The van der Waals surface area contributed by atoms with E-state index in [0.717, 1.165) is 13.6 Å². The molecule has 0 unspecified atom stereocenters. The number of rotatable bonds is 3. The highest BCUT2D eigenvalue weighted by Crippen LogP contribution is 2.44. The number of carbonyl (C=O) groups excluding carboxylic acids is 1. The first-order valence-corrected chi connectivity index (χ1v) is 10.5. The minimum absolute atomic E-state index is 0.0473. The Morgan fingerprint density at radius 3 is 2.27 bits per heavy atom. The second kappa shape index (κ2) is 8.07. The van der Waals surface area contributed by atoms with Crippen LogP contribution in [0.5, 0.6) is 0 Å². The van der Waals surface area contributed by atoms with Gasteiger partial charge < -0.3 is 10.6 Å². The Hall–Kier alpha value is -2.33. The highest BCUT2D eigenvalue weighted by molar-refractivity contribution is 9.10. The van der Waals surface area contributed by atoms with Crippen LogP contribution in [0.4, 0.5) is 24.7 Å². The first kappa shape index (κ1) is 20.9. The third-order valence-electron chi connectivity index (χ3n) is 4.86. The molecule has 10 heteroatoms. The van der Waals surface area contributed by atoms with Crippen LogP contribution < -0.4 is 10.6 Å². The van der Waals surface area contributed by atoms with Crippen LogP contribution in [-0.4, -0.2) is 21.9 Å². The van der Waals surface area contributed by atoms with Gasteiger partial charge in [0.25, 0.3) is 5.91 Å². The zero-order valence-electron chi connectivity index (χ0n) is 15.3. The van der Waals surface area contributed by atoms with Crippen molar-refractivity contribution in [3.63, 3.8) is 0 Å². The standard InChI is InChI=1S/C20H15Br2F3N4O/c21-12-3-1-11(2-4-12)16-9-17(20(23,24)25)29-18(28-16)15(10-26-29)19(30)27-14-7-5-13(22)6-8-14/h1-8,10,16-17,28H,9H2,(H,27,30)/t16-,17-/m0/s1. The van der Waals surface area contributed by atoms with Crippen LogP contribution in [0.15, 0.2) is 63.7 Å². The van der Waals surface area contributed by atoms with Gasteiger partial charge in [0.15, 0.2) is 6.04 Å². The normalized spacial score (nSPS) is 18.4. The van der Waals surface area contributed by atoms with Crippen LogP contribution in [0, 0.1) is 0 Å². The second-order valence-electron chi connectivity index (χ2n) is 6.85. The molecule has 1 aliphatic heterocycles. The number of amides is 1. The van der Waals surface area contributed by atoms with E-state index in [9.17, 15) is 18.0 Å². The van der Waals surface area contributed by atoms with Gasteiger partial charge in [-0.2, -0.15) is 18.3 Å². The molecule has 30 heavy (non-hydrogen) atoms. The zero-order valence-corrected chi connectivity index (χ0v) is 18.4. The molecule has 2 N–H and O–H groups in total. The number of alkyl halides is 3. The van der Waals surface area contributed by atoms with Gasteiger partial charge in [-0.3, -0.25) is 4.79 Å². The van der Waals surface area contributed by atoms with Gasteiger partial charge in [0.1, 0.15) is 11.4 Å². The largest absolute Gasteiger partial charge is 0.410 e. The number of nitrogens with zero attached hydrogens (tertiary/aromatic N) is 2. The minimum Gasteiger partial charge on any atom is -0.363 e. The molecule has 0 radical (unpaired) electrons. The number of hydrogen-bond acceptors (Lipinski definition) is 3. The molecule has 3 aromatic rings. The summed E-state index contributed by atoms with van der Waals surface area (Å²) in [6.07, 6.45) is -3.57. The van der Waals surface area contributed by atoms with E-state index in [4.69, 9.17) is 0 Å². The summed E-state index contributed by atoms with van der Waals surface area (Å²) < 4.78 is 43.8. The minimum atomic E-state index is -4.50. The van der Waals surface area contributed by atoms with Gasteiger partial charge in [0.2, 0.25) is 0 Å².